The van der Waals surface area contributed by atoms with E-state index in [1.165, 1.54) is 32.9 Å². The number of rotatable bonds is 5. The number of hydrogen-bond donors (Lipinski definition) is 0. The maximum atomic E-state index is 6.18. The predicted octanol–water partition coefficient (Wildman–Crippen LogP) is 8.75. The molecule has 2 aromatic heterocycles. The second-order valence-corrected chi connectivity index (χ2v) is 9.99. The Kier molecular flexibility index (Phi) is 5.45. The van der Waals surface area contributed by atoms with Crippen molar-refractivity contribution >= 4 is 21.8 Å². The lowest BCUT2D eigenvalue weighted by molar-refractivity contribution is 0.584. The lowest BCUT2D eigenvalue weighted by Gasteiger charge is -2.12. The predicted molar refractivity (Wildman–Crippen MR) is 148 cm³/mol. The van der Waals surface area contributed by atoms with E-state index in [9.17, 15) is 0 Å². The minimum absolute atomic E-state index is 0.461. The monoisotopic (exact) mass is 471 g/mol. The van der Waals surface area contributed by atoms with Gasteiger partial charge in [-0.2, -0.15) is 0 Å². The molecule has 0 aliphatic carbocycles. The van der Waals surface area contributed by atoms with Gasteiger partial charge in [0, 0.05) is 16.3 Å². The Morgan fingerprint density at radius 1 is 0.611 bits per heavy atom. The first-order chi connectivity index (χ1) is 17.5. The molecule has 0 radical (unpaired) electrons. The summed E-state index contributed by atoms with van der Waals surface area (Å²) in [5.41, 5.74) is 7.87. The Labute approximate surface area is 211 Å². The molecule has 6 aromatic rings. The highest BCUT2D eigenvalue weighted by atomic mass is 16.4. The summed E-state index contributed by atoms with van der Waals surface area (Å²) in [5, 5.41) is 11.3. The fraction of sp³-hybridized carbons (Fsp3) is 0.188. The van der Waals surface area contributed by atoms with E-state index in [1.54, 1.807) is 0 Å². The fourth-order valence-electron chi connectivity index (χ4n) is 4.92. The molecule has 0 saturated carbocycles. The van der Waals surface area contributed by atoms with E-state index < -0.39 is 0 Å². The van der Waals surface area contributed by atoms with Gasteiger partial charge in [0.2, 0.25) is 11.8 Å². The van der Waals surface area contributed by atoms with E-state index in [4.69, 9.17) is 4.42 Å². The Morgan fingerprint density at radius 2 is 1.17 bits per heavy atom. The minimum Gasteiger partial charge on any atom is -0.416 e. The van der Waals surface area contributed by atoms with Crippen molar-refractivity contribution in [2.24, 2.45) is 0 Å². The first-order valence-corrected chi connectivity index (χ1v) is 12.6. The summed E-state index contributed by atoms with van der Waals surface area (Å²) in [4.78, 5) is 0. The number of aromatic nitrogens is 3. The van der Waals surface area contributed by atoms with Crippen LogP contribution in [0.15, 0.2) is 95.4 Å². The van der Waals surface area contributed by atoms with Gasteiger partial charge in [-0.25, -0.2) is 0 Å². The maximum absolute atomic E-state index is 6.18. The number of benzene rings is 4. The number of nitrogens with zero attached hydrogens (tertiary/aromatic N) is 3. The largest absolute Gasteiger partial charge is 0.416 e. The zero-order valence-corrected chi connectivity index (χ0v) is 21.1. The Balaban J connectivity index is 1.60. The van der Waals surface area contributed by atoms with Gasteiger partial charge in [-0.1, -0.05) is 70.2 Å². The maximum Gasteiger partial charge on any atom is 0.250 e. The summed E-state index contributed by atoms with van der Waals surface area (Å²) in [6, 6.07) is 31.9. The molecule has 0 aliphatic rings. The molecule has 0 unspecified atom stereocenters. The molecule has 6 rings (SSSR count). The van der Waals surface area contributed by atoms with E-state index in [2.05, 4.69) is 97.1 Å². The van der Waals surface area contributed by atoms with Crippen LogP contribution in [0.5, 0.6) is 0 Å². The van der Waals surface area contributed by atoms with Gasteiger partial charge in [0.15, 0.2) is 0 Å². The number of fused-ring (bicyclic) bond motifs is 3. The molecule has 0 saturated heterocycles. The van der Waals surface area contributed by atoms with Crippen molar-refractivity contribution in [1.29, 1.82) is 0 Å². The van der Waals surface area contributed by atoms with Crippen molar-refractivity contribution in [1.82, 2.24) is 14.8 Å². The SMILES string of the molecule is CC(C)c1ccc2c(c1)c1cc(C(C)C)ccc1n2-c1ccccc1-c1nnc(-c2ccccc2)o1. The highest BCUT2D eigenvalue weighted by Gasteiger charge is 2.20. The van der Waals surface area contributed by atoms with E-state index in [-0.39, 0.29) is 0 Å². The van der Waals surface area contributed by atoms with Gasteiger partial charge in [0.1, 0.15) is 0 Å². The van der Waals surface area contributed by atoms with Crippen molar-refractivity contribution in [2.45, 2.75) is 39.5 Å². The molecule has 0 atom stereocenters. The van der Waals surface area contributed by atoms with Crippen LogP contribution >= 0.6 is 0 Å². The summed E-state index contributed by atoms with van der Waals surface area (Å²) in [7, 11) is 0. The lowest BCUT2D eigenvalue weighted by atomic mass is 9.98. The minimum atomic E-state index is 0.461. The molecule has 2 heterocycles. The topological polar surface area (TPSA) is 43.9 Å². The molecule has 0 spiro atoms. The normalized spacial score (nSPS) is 11.8. The van der Waals surface area contributed by atoms with Gasteiger partial charge >= 0.3 is 0 Å². The molecule has 36 heavy (non-hydrogen) atoms. The zero-order valence-electron chi connectivity index (χ0n) is 21.1. The fourth-order valence-corrected chi connectivity index (χ4v) is 4.92. The average Bonchev–Trinajstić information content (AvgIpc) is 3.52. The van der Waals surface area contributed by atoms with Crippen LogP contribution in [0.25, 0.3) is 50.4 Å². The lowest BCUT2D eigenvalue weighted by Crippen LogP contribution is -1.98. The molecule has 0 bridgehead atoms. The summed E-state index contributed by atoms with van der Waals surface area (Å²) in [6.07, 6.45) is 0. The van der Waals surface area contributed by atoms with Gasteiger partial charge < -0.3 is 8.98 Å². The van der Waals surface area contributed by atoms with E-state index in [1.807, 2.05) is 36.4 Å². The molecule has 0 amide bonds. The van der Waals surface area contributed by atoms with Crippen molar-refractivity contribution < 1.29 is 4.42 Å². The number of para-hydroxylation sites is 1. The standard InChI is InChI=1S/C32H29N3O/c1-20(2)23-14-16-29-26(18-23)27-19-24(21(3)4)15-17-30(27)35(29)28-13-9-8-12-25(28)32-34-33-31(36-32)22-10-6-5-7-11-22/h5-21H,1-4H3. The molecule has 0 fully saturated rings. The van der Waals surface area contributed by atoms with Crippen LogP contribution in [0, 0.1) is 0 Å². The third kappa shape index (κ3) is 3.70. The summed E-state index contributed by atoms with van der Waals surface area (Å²) >= 11 is 0. The van der Waals surface area contributed by atoms with Crippen molar-refractivity contribution in [3.63, 3.8) is 0 Å². The second-order valence-electron chi connectivity index (χ2n) is 9.99. The van der Waals surface area contributed by atoms with Gasteiger partial charge in [-0.15, -0.1) is 10.2 Å². The summed E-state index contributed by atoms with van der Waals surface area (Å²) in [6.45, 7) is 8.98. The van der Waals surface area contributed by atoms with Crippen molar-refractivity contribution in [2.75, 3.05) is 0 Å². The third-order valence-electron chi connectivity index (χ3n) is 6.97. The first kappa shape index (κ1) is 22.3. The Bertz CT molecular complexity index is 1620. The van der Waals surface area contributed by atoms with Crippen LogP contribution < -0.4 is 0 Å². The smallest absolute Gasteiger partial charge is 0.250 e. The average molecular weight is 472 g/mol. The molecular formula is C32H29N3O. The van der Waals surface area contributed by atoms with Gasteiger partial charge in [0.05, 0.1) is 22.3 Å². The summed E-state index contributed by atoms with van der Waals surface area (Å²) < 4.78 is 8.52. The van der Waals surface area contributed by atoms with Crippen LogP contribution in [-0.2, 0) is 0 Å². The van der Waals surface area contributed by atoms with E-state index in [0.29, 0.717) is 23.6 Å². The van der Waals surface area contributed by atoms with E-state index in [0.717, 1.165) is 16.8 Å². The third-order valence-corrected chi connectivity index (χ3v) is 6.97. The van der Waals surface area contributed by atoms with Crippen LogP contribution in [0.1, 0.15) is 50.7 Å². The van der Waals surface area contributed by atoms with Crippen molar-refractivity contribution in [3.8, 4) is 28.6 Å². The molecule has 4 nitrogen and oxygen atoms in total. The van der Waals surface area contributed by atoms with Crippen LogP contribution in [-0.4, -0.2) is 14.8 Å². The first-order valence-electron chi connectivity index (χ1n) is 12.6. The highest BCUT2D eigenvalue weighted by Crippen LogP contribution is 2.38. The molecule has 0 aliphatic heterocycles. The van der Waals surface area contributed by atoms with Crippen LogP contribution in [0.3, 0.4) is 0 Å². The molecular weight excluding hydrogens is 442 g/mol. The van der Waals surface area contributed by atoms with Gasteiger partial charge in [-0.05, 0) is 71.5 Å². The summed E-state index contributed by atoms with van der Waals surface area (Å²) in [5.74, 6) is 1.95. The van der Waals surface area contributed by atoms with Crippen molar-refractivity contribution in [3.05, 3.63) is 102 Å². The molecule has 4 aromatic carbocycles. The number of hydrogen-bond acceptors (Lipinski definition) is 3. The van der Waals surface area contributed by atoms with E-state index >= 15 is 0 Å². The van der Waals surface area contributed by atoms with Gasteiger partial charge in [0.25, 0.3) is 0 Å². The molecule has 0 N–H and O–H groups in total. The quantitative estimate of drug-likeness (QED) is 0.252. The molecule has 178 valence electrons. The molecule has 4 heteroatoms. The van der Waals surface area contributed by atoms with Gasteiger partial charge in [-0.3, -0.25) is 0 Å². The van der Waals surface area contributed by atoms with Crippen LogP contribution in [0.2, 0.25) is 0 Å². The Hall–Kier alpha value is -4.18. The Morgan fingerprint density at radius 3 is 1.78 bits per heavy atom. The van der Waals surface area contributed by atoms with Crippen LogP contribution in [0.4, 0.5) is 0 Å². The second kappa shape index (κ2) is 8.80. The highest BCUT2D eigenvalue weighted by molar-refractivity contribution is 6.10. The zero-order chi connectivity index (χ0) is 24.8.